The Labute approximate surface area is 164 Å². The number of esters is 1. The molecule has 0 aromatic rings. The minimum absolute atomic E-state index is 0.0248. The largest absolute Gasteiger partial charge is 0.460 e. The molecule has 4 rings (SSSR count). The average Bonchev–Trinajstić information content (AvgIpc) is 2.91. The zero-order valence-electron chi connectivity index (χ0n) is 17.8. The minimum Gasteiger partial charge on any atom is -0.460 e. The number of carbonyl (C=O) groups excluding carboxylic acids is 2. The normalized spacial score (nSPS) is 44.0. The first-order valence-corrected chi connectivity index (χ1v) is 11.0. The van der Waals surface area contributed by atoms with Crippen molar-refractivity contribution in [3.8, 4) is 0 Å². The van der Waals surface area contributed by atoms with Gasteiger partial charge in [0.2, 0.25) is 0 Å². The zero-order chi connectivity index (χ0) is 19.6. The lowest BCUT2D eigenvalue weighted by atomic mass is 9.47. The SMILES string of the molecule is CC(C)(C)OC(=O)[C@H]1CC[C@H]2[C@@H]3CCC4=CC(=O)CC[C@]4(C)[C@H]3CC[C@]12C. The van der Waals surface area contributed by atoms with Gasteiger partial charge in [-0.25, -0.2) is 0 Å². The molecular formula is C24H36O3. The summed E-state index contributed by atoms with van der Waals surface area (Å²) in [5.41, 5.74) is 1.31. The average molecular weight is 373 g/mol. The van der Waals surface area contributed by atoms with E-state index in [9.17, 15) is 9.59 Å². The Hall–Kier alpha value is -1.12. The van der Waals surface area contributed by atoms with Gasteiger partial charge in [-0.3, -0.25) is 9.59 Å². The second-order valence-electron chi connectivity index (χ2n) is 11.2. The number of ketones is 1. The van der Waals surface area contributed by atoms with Crippen LogP contribution in [0.3, 0.4) is 0 Å². The van der Waals surface area contributed by atoms with Crippen molar-refractivity contribution < 1.29 is 14.3 Å². The van der Waals surface area contributed by atoms with E-state index in [2.05, 4.69) is 13.8 Å². The van der Waals surface area contributed by atoms with E-state index in [1.807, 2.05) is 26.8 Å². The molecule has 0 radical (unpaired) electrons. The third-order valence-electron chi connectivity index (χ3n) is 8.65. The van der Waals surface area contributed by atoms with Crippen LogP contribution in [0.4, 0.5) is 0 Å². The van der Waals surface area contributed by atoms with E-state index < -0.39 is 5.60 Å². The molecule has 6 atom stereocenters. The Kier molecular flexibility index (Phi) is 4.40. The Morgan fingerprint density at radius 1 is 1.04 bits per heavy atom. The van der Waals surface area contributed by atoms with Gasteiger partial charge < -0.3 is 4.74 Å². The van der Waals surface area contributed by atoms with Gasteiger partial charge in [0, 0.05) is 6.42 Å². The monoisotopic (exact) mass is 372 g/mol. The van der Waals surface area contributed by atoms with Crippen molar-refractivity contribution in [2.75, 3.05) is 0 Å². The van der Waals surface area contributed by atoms with Gasteiger partial charge in [-0.15, -0.1) is 0 Å². The van der Waals surface area contributed by atoms with E-state index in [1.54, 1.807) is 0 Å². The van der Waals surface area contributed by atoms with Crippen molar-refractivity contribution in [1.29, 1.82) is 0 Å². The molecule has 150 valence electrons. The van der Waals surface area contributed by atoms with Crippen LogP contribution in [-0.2, 0) is 14.3 Å². The number of hydrogen-bond donors (Lipinski definition) is 0. The minimum atomic E-state index is -0.407. The number of carbonyl (C=O) groups is 2. The topological polar surface area (TPSA) is 43.4 Å². The summed E-state index contributed by atoms with van der Waals surface area (Å²) in [6.45, 7) is 10.7. The molecule has 0 unspecified atom stereocenters. The third-order valence-corrected chi connectivity index (χ3v) is 8.65. The fourth-order valence-electron chi connectivity index (χ4n) is 7.32. The molecule has 0 aromatic heterocycles. The van der Waals surface area contributed by atoms with E-state index >= 15 is 0 Å². The molecular weight excluding hydrogens is 336 g/mol. The van der Waals surface area contributed by atoms with Crippen molar-refractivity contribution >= 4 is 11.8 Å². The molecule has 0 N–H and O–H groups in total. The van der Waals surface area contributed by atoms with Crippen LogP contribution >= 0.6 is 0 Å². The highest BCUT2D eigenvalue weighted by Crippen LogP contribution is 2.66. The first-order valence-electron chi connectivity index (χ1n) is 11.0. The molecule has 3 heteroatoms. The molecule has 0 aliphatic heterocycles. The maximum Gasteiger partial charge on any atom is 0.310 e. The van der Waals surface area contributed by atoms with Gasteiger partial charge in [0.05, 0.1) is 5.92 Å². The fraction of sp³-hybridized carbons (Fsp3) is 0.833. The van der Waals surface area contributed by atoms with Crippen LogP contribution in [0.25, 0.3) is 0 Å². The van der Waals surface area contributed by atoms with Gasteiger partial charge in [-0.1, -0.05) is 19.4 Å². The Morgan fingerprint density at radius 3 is 2.48 bits per heavy atom. The number of rotatable bonds is 1. The number of allylic oxidation sites excluding steroid dienone is 1. The van der Waals surface area contributed by atoms with Crippen LogP contribution in [0.1, 0.15) is 86.0 Å². The molecule has 3 saturated carbocycles. The van der Waals surface area contributed by atoms with Gasteiger partial charge in [-0.2, -0.15) is 0 Å². The number of hydrogen-bond acceptors (Lipinski definition) is 3. The Balaban J connectivity index is 1.58. The molecule has 0 amide bonds. The quantitative estimate of drug-likeness (QED) is 0.573. The fourth-order valence-corrected chi connectivity index (χ4v) is 7.32. The molecule has 0 bridgehead atoms. The van der Waals surface area contributed by atoms with E-state index in [4.69, 9.17) is 4.74 Å². The van der Waals surface area contributed by atoms with Crippen LogP contribution in [0, 0.1) is 34.5 Å². The third kappa shape index (κ3) is 3.00. The second-order valence-corrected chi connectivity index (χ2v) is 11.2. The van der Waals surface area contributed by atoms with Gasteiger partial charge in [0.25, 0.3) is 0 Å². The highest BCUT2D eigenvalue weighted by atomic mass is 16.6. The Bertz CT molecular complexity index is 684. The summed E-state index contributed by atoms with van der Waals surface area (Å²) in [6.07, 6.45) is 10.5. The van der Waals surface area contributed by atoms with Crippen LogP contribution in [0.2, 0.25) is 0 Å². The number of fused-ring (bicyclic) bond motifs is 5. The predicted molar refractivity (Wildman–Crippen MR) is 106 cm³/mol. The summed E-state index contributed by atoms with van der Waals surface area (Å²) >= 11 is 0. The molecule has 0 spiro atoms. The van der Waals surface area contributed by atoms with E-state index in [0.29, 0.717) is 30.0 Å². The van der Waals surface area contributed by atoms with Crippen LogP contribution < -0.4 is 0 Å². The summed E-state index contributed by atoms with van der Waals surface area (Å²) in [5.74, 6) is 2.42. The molecule has 0 aromatic carbocycles. The highest BCUT2D eigenvalue weighted by Gasteiger charge is 2.60. The van der Waals surface area contributed by atoms with Gasteiger partial charge in [0.1, 0.15) is 5.60 Å². The lowest BCUT2D eigenvalue weighted by Crippen LogP contribution is -2.51. The predicted octanol–water partition coefficient (Wildman–Crippen LogP) is 5.48. The first kappa shape index (κ1) is 19.2. The molecule has 27 heavy (non-hydrogen) atoms. The standard InChI is InChI=1S/C24H36O3/c1-22(2,3)27-21(26)20-9-8-18-17-7-6-15-14-16(25)10-12-23(15,4)19(17)11-13-24(18,20)5/h14,17-20H,6-13H2,1-5H3/t17-,18-,19-,20+,23-,24-/m0/s1. The maximum absolute atomic E-state index is 12.9. The lowest BCUT2D eigenvalue weighted by Gasteiger charge is -2.58. The first-order chi connectivity index (χ1) is 12.5. The molecule has 4 aliphatic carbocycles. The summed E-state index contributed by atoms with van der Waals surface area (Å²) < 4.78 is 5.80. The molecule has 3 fully saturated rings. The van der Waals surface area contributed by atoms with E-state index in [0.717, 1.165) is 32.1 Å². The summed E-state index contributed by atoms with van der Waals surface area (Å²) in [5, 5.41) is 0. The molecule has 4 aliphatic rings. The second kappa shape index (κ2) is 6.19. The summed E-state index contributed by atoms with van der Waals surface area (Å²) in [4.78, 5) is 24.9. The van der Waals surface area contributed by atoms with Crippen molar-refractivity contribution in [1.82, 2.24) is 0 Å². The smallest absolute Gasteiger partial charge is 0.310 e. The lowest BCUT2D eigenvalue weighted by molar-refractivity contribution is -0.167. The highest BCUT2D eigenvalue weighted by molar-refractivity contribution is 5.91. The van der Waals surface area contributed by atoms with E-state index in [1.165, 1.54) is 18.4 Å². The van der Waals surface area contributed by atoms with Crippen molar-refractivity contribution in [2.24, 2.45) is 34.5 Å². The van der Waals surface area contributed by atoms with Gasteiger partial charge in [0.15, 0.2) is 5.78 Å². The summed E-state index contributed by atoms with van der Waals surface area (Å²) in [6, 6.07) is 0. The van der Waals surface area contributed by atoms with Gasteiger partial charge >= 0.3 is 5.97 Å². The molecule has 3 nitrogen and oxygen atoms in total. The van der Waals surface area contributed by atoms with Crippen LogP contribution in [0.5, 0.6) is 0 Å². The van der Waals surface area contributed by atoms with Crippen molar-refractivity contribution in [3.63, 3.8) is 0 Å². The van der Waals surface area contributed by atoms with Gasteiger partial charge in [-0.05, 0) is 100 Å². The number of ether oxygens (including phenoxy) is 1. The molecule has 0 heterocycles. The van der Waals surface area contributed by atoms with E-state index in [-0.39, 0.29) is 22.7 Å². The zero-order valence-corrected chi connectivity index (χ0v) is 17.8. The van der Waals surface area contributed by atoms with Crippen molar-refractivity contribution in [3.05, 3.63) is 11.6 Å². The van der Waals surface area contributed by atoms with Crippen LogP contribution in [-0.4, -0.2) is 17.4 Å². The van der Waals surface area contributed by atoms with Crippen LogP contribution in [0.15, 0.2) is 11.6 Å². The maximum atomic E-state index is 12.9. The van der Waals surface area contributed by atoms with Crippen molar-refractivity contribution in [2.45, 2.75) is 91.6 Å². The summed E-state index contributed by atoms with van der Waals surface area (Å²) in [7, 11) is 0. The Morgan fingerprint density at radius 2 is 1.78 bits per heavy atom. The molecule has 0 saturated heterocycles.